The molecule has 0 aliphatic rings. The zero-order valence-electron chi connectivity index (χ0n) is 12.2. The van der Waals surface area contributed by atoms with Crippen molar-refractivity contribution >= 4 is 21.6 Å². The van der Waals surface area contributed by atoms with Gasteiger partial charge in [0.1, 0.15) is 5.82 Å². The van der Waals surface area contributed by atoms with E-state index in [1.54, 1.807) is 7.05 Å². The molecule has 0 radical (unpaired) electrons. The van der Waals surface area contributed by atoms with Crippen LogP contribution >= 0.6 is 11.6 Å². The van der Waals surface area contributed by atoms with Gasteiger partial charge < -0.3 is 5.32 Å². The monoisotopic (exact) mass is 334 g/mol. The molecular formula is C14H20ClFN2O2S. The van der Waals surface area contributed by atoms with E-state index < -0.39 is 15.8 Å². The lowest BCUT2D eigenvalue weighted by molar-refractivity contribution is 0.441. The van der Waals surface area contributed by atoms with Crippen molar-refractivity contribution in [3.8, 4) is 0 Å². The molecule has 1 aromatic rings. The molecule has 0 bridgehead atoms. The molecule has 0 spiro atoms. The molecule has 7 heteroatoms. The van der Waals surface area contributed by atoms with Gasteiger partial charge in [-0.25, -0.2) is 12.8 Å². The Balaban J connectivity index is 3.32. The number of benzene rings is 1. The zero-order chi connectivity index (χ0) is 16.0. The summed E-state index contributed by atoms with van der Waals surface area (Å²) in [5.74, 6) is -0.738. The molecule has 0 saturated carbocycles. The Labute approximate surface area is 130 Å². The van der Waals surface area contributed by atoms with Crippen LogP contribution in [0.5, 0.6) is 0 Å². The van der Waals surface area contributed by atoms with E-state index in [1.807, 2.05) is 6.92 Å². The molecule has 0 heterocycles. The summed E-state index contributed by atoms with van der Waals surface area (Å²) in [6, 6.07) is 2.37. The molecular weight excluding hydrogens is 315 g/mol. The topological polar surface area (TPSA) is 49.4 Å². The van der Waals surface area contributed by atoms with Crippen LogP contribution in [-0.4, -0.2) is 32.9 Å². The smallest absolute Gasteiger partial charge is 0.243 e. The lowest BCUT2D eigenvalue weighted by Gasteiger charge is -2.20. The Morgan fingerprint density at radius 3 is 2.67 bits per heavy atom. The third-order valence-corrected chi connectivity index (χ3v) is 5.15. The number of halogens is 2. The van der Waals surface area contributed by atoms with Crippen molar-refractivity contribution in [1.82, 2.24) is 9.62 Å². The van der Waals surface area contributed by atoms with Gasteiger partial charge in [0.25, 0.3) is 0 Å². The first-order valence-corrected chi connectivity index (χ1v) is 8.43. The molecule has 0 fully saturated rings. The number of hydrogen-bond acceptors (Lipinski definition) is 3. The van der Waals surface area contributed by atoms with E-state index in [9.17, 15) is 12.8 Å². The minimum absolute atomic E-state index is 0.0611. The highest BCUT2D eigenvalue weighted by Gasteiger charge is 2.25. The Kier molecular flexibility index (Phi) is 6.80. The maximum Gasteiger partial charge on any atom is 0.243 e. The van der Waals surface area contributed by atoms with Gasteiger partial charge in [-0.05, 0) is 31.2 Å². The Hall–Kier alpha value is -0.950. The first-order chi connectivity index (χ1) is 9.88. The number of nitrogens with zero attached hydrogens (tertiary/aromatic N) is 1. The number of rotatable bonds is 8. The molecule has 0 aliphatic heterocycles. The SMILES string of the molecule is C=CCN(CCC)S(=O)(=O)c1cc(F)c(Cl)c(CNC)c1. The molecule has 1 N–H and O–H groups in total. The Bertz CT molecular complexity index is 605. The van der Waals surface area contributed by atoms with Gasteiger partial charge in [-0.1, -0.05) is 24.6 Å². The fourth-order valence-corrected chi connectivity index (χ4v) is 3.68. The lowest BCUT2D eigenvalue weighted by atomic mass is 10.2. The Morgan fingerprint density at radius 1 is 1.48 bits per heavy atom. The molecule has 0 unspecified atom stereocenters. The second-order valence-corrected chi connectivity index (χ2v) is 6.88. The van der Waals surface area contributed by atoms with Crippen LogP contribution in [0.4, 0.5) is 4.39 Å². The maximum atomic E-state index is 13.9. The summed E-state index contributed by atoms with van der Waals surface area (Å²) >= 11 is 5.86. The summed E-state index contributed by atoms with van der Waals surface area (Å²) in [5, 5.41) is 2.77. The van der Waals surface area contributed by atoms with Crippen LogP contribution in [0.2, 0.25) is 5.02 Å². The van der Waals surface area contributed by atoms with Gasteiger partial charge in [0, 0.05) is 19.6 Å². The number of nitrogens with one attached hydrogen (secondary N) is 1. The normalized spacial score (nSPS) is 11.9. The zero-order valence-corrected chi connectivity index (χ0v) is 13.8. The average Bonchev–Trinajstić information content (AvgIpc) is 2.43. The summed E-state index contributed by atoms with van der Waals surface area (Å²) in [6.07, 6.45) is 2.17. The largest absolute Gasteiger partial charge is 0.316 e. The van der Waals surface area contributed by atoms with Crippen LogP contribution in [-0.2, 0) is 16.6 Å². The van der Waals surface area contributed by atoms with Gasteiger partial charge in [-0.15, -0.1) is 6.58 Å². The summed E-state index contributed by atoms with van der Waals surface area (Å²) < 4.78 is 40.3. The highest BCUT2D eigenvalue weighted by molar-refractivity contribution is 7.89. The predicted molar refractivity (Wildman–Crippen MR) is 83.4 cm³/mol. The summed E-state index contributed by atoms with van der Waals surface area (Å²) in [6.45, 7) is 6.25. The van der Waals surface area contributed by atoms with Crippen LogP contribution in [0.25, 0.3) is 0 Å². The third kappa shape index (κ3) is 4.26. The van der Waals surface area contributed by atoms with Crippen molar-refractivity contribution < 1.29 is 12.8 Å². The van der Waals surface area contributed by atoms with Crippen LogP contribution in [0.3, 0.4) is 0 Å². The van der Waals surface area contributed by atoms with Crippen molar-refractivity contribution in [1.29, 1.82) is 0 Å². The van der Waals surface area contributed by atoms with E-state index in [1.165, 1.54) is 16.4 Å². The molecule has 118 valence electrons. The van der Waals surface area contributed by atoms with Crippen molar-refractivity contribution in [3.05, 3.63) is 41.2 Å². The van der Waals surface area contributed by atoms with E-state index in [4.69, 9.17) is 11.6 Å². The van der Waals surface area contributed by atoms with Gasteiger partial charge in [-0.2, -0.15) is 4.31 Å². The molecule has 0 aromatic heterocycles. The molecule has 0 aliphatic carbocycles. The van der Waals surface area contributed by atoms with Crippen LogP contribution < -0.4 is 5.32 Å². The van der Waals surface area contributed by atoms with Gasteiger partial charge in [-0.3, -0.25) is 0 Å². The van der Waals surface area contributed by atoms with Crippen LogP contribution in [0.15, 0.2) is 29.7 Å². The Morgan fingerprint density at radius 2 is 2.14 bits per heavy atom. The number of hydrogen-bond donors (Lipinski definition) is 1. The van der Waals surface area contributed by atoms with Crippen molar-refractivity contribution in [2.45, 2.75) is 24.8 Å². The van der Waals surface area contributed by atoms with E-state index >= 15 is 0 Å². The molecule has 4 nitrogen and oxygen atoms in total. The quantitative estimate of drug-likeness (QED) is 0.744. The standard InChI is InChI=1S/C14H20ClFN2O2S/c1-4-6-18(7-5-2)21(19,20)12-8-11(10-17-3)14(15)13(16)9-12/h4,8-9,17H,1,5-7,10H2,2-3H3. The van der Waals surface area contributed by atoms with E-state index in [2.05, 4.69) is 11.9 Å². The van der Waals surface area contributed by atoms with Crippen molar-refractivity contribution in [2.75, 3.05) is 20.1 Å². The molecule has 1 rings (SSSR count). The molecule has 0 saturated heterocycles. The third-order valence-electron chi connectivity index (χ3n) is 2.89. The minimum Gasteiger partial charge on any atom is -0.316 e. The van der Waals surface area contributed by atoms with Crippen molar-refractivity contribution in [3.63, 3.8) is 0 Å². The summed E-state index contributed by atoms with van der Waals surface area (Å²) in [5.41, 5.74) is 0.410. The highest BCUT2D eigenvalue weighted by Crippen LogP contribution is 2.26. The summed E-state index contributed by atoms with van der Waals surface area (Å²) in [7, 11) is -2.09. The van der Waals surface area contributed by atoms with Gasteiger partial charge in [0.05, 0.1) is 9.92 Å². The van der Waals surface area contributed by atoms with Gasteiger partial charge >= 0.3 is 0 Å². The summed E-state index contributed by atoms with van der Waals surface area (Å²) in [4.78, 5) is -0.0926. The minimum atomic E-state index is -3.77. The van der Waals surface area contributed by atoms with Crippen LogP contribution in [0, 0.1) is 5.82 Å². The molecule has 0 atom stereocenters. The van der Waals surface area contributed by atoms with Gasteiger partial charge in [0.15, 0.2) is 0 Å². The highest BCUT2D eigenvalue weighted by atomic mass is 35.5. The average molecular weight is 335 g/mol. The van der Waals surface area contributed by atoms with E-state index in [-0.39, 0.29) is 23.0 Å². The van der Waals surface area contributed by atoms with E-state index in [0.29, 0.717) is 18.5 Å². The van der Waals surface area contributed by atoms with Crippen LogP contribution in [0.1, 0.15) is 18.9 Å². The lowest BCUT2D eigenvalue weighted by Crippen LogP contribution is -2.32. The predicted octanol–water partition coefficient (Wildman–Crippen LogP) is 2.79. The van der Waals surface area contributed by atoms with Crippen molar-refractivity contribution in [2.24, 2.45) is 0 Å². The van der Waals surface area contributed by atoms with Gasteiger partial charge in [0.2, 0.25) is 10.0 Å². The maximum absolute atomic E-state index is 13.9. The second kappa shape index (κ2) is 7.89. The van der Waals surface area contributed by atoms with E-state index in [0.717, 1.165) is 6.07 Å². The first kappa shape index (κ1) is 18.1. The fourth-order valence-electron chi connectivity index (χ4n) is 1.94. The molecule has 0 amide bonds. The first-order valence-electron chi connectivity index (χ1n) is 6.62. The fraction of sp³-hybridized carbons (Fsp3) is 0.429. The molecule has 21 heavy (non-hydrogen) atoms. The molecule has 1 aromatic carbocycles. The second-order valence-electron chi connectivity index (χ2n) is 4.56. The number of sulfonamides is 1.